The Kier molecular flexibility index (Phi) is 12.1. The largest absolute Gasteiger partial charge is 0.320 e. The Hall–Kier alpha value is -1.10. The maximum atomic E-state index is 13.4. The average molecular weight is 503 g/mol. The van der Waals surface area contributed by atoms with Gasteiger partial charge in [0.15, 0.2) is 6.04 Å². The molecule has 1 heterocycles. The summed E-state index contributed by atoms with van der Waals surface area (Å²) in [6, 6.07) is 13.1. The van der Waals surface area contributed by atoms with Crippen molar-refractivity contribution in [3.8, 4) is 0 Å². The summed E-state index contributed by atoms with van der Waals surface area (Å²) in [4.78, 5) is 12.9. The van der Waals surface area contributed by atoms with E-state index in [1.165, 1.54) is 43.4 Å². The topological polar surface area (TPSA) is 29.1 Å². The molecule has 1 unspecified atom stereocenters. The van der Waals surface area contributed by atoms with Crippen LogP contribution in [0.2, 0.25) is 0 Å². The van der Waals surface area contributed by atoms with Gasteiger partial charge < -0.3 is 9.80 Å². The van der Waals surface area contributed by atoms with E-state index in [1.54, 1.807) is 0 Å². The molecule has 1 saturated heterocycles. The minimum atomic E-state index is -0.254. The Morgan fingerprint density at radius 3 is 1.94 bits per heavy atom. The summed E-state index contributed by atoms with van der Waals surface area (Å²) in [7, 11) is 0. The molecule has 1 aliphatic heterocycles. The number of nitrogens with zero attached hydrogens (tertiary/aromatic N) is 1. The molecule has 0 saturated carbocycles. The molecule has 1 aliphatic rings. The molecule has 5 heteroatoms. The molecule has 1 fully saturated rings. The normalized spacial score (nSPS) is 16.1. The van der Waals surface area contributed by atoms with Gasteiger partial charge in [-0.1, -0.05) is 35.9 Å². The number of likely N-dealkylation sites (N-methyl/N-ethyl adjacent to an activating group) is 1. The van der Waals surface area contributed by atoms with Gasteiger partial charge >= 0.3 is 0 Å². The van der Waals surface area contributed by atoms with Crippen LogP contribution in [0.15, 0.2) is 42.5 Å². The molecule has 1 N–H and O–H groups in total. The van der Waals surface area contributed by atoms with Crippen LogP contribution in [0.4, 0.5) is 10.1 Å². The van der Waals surface area contributed by atoms with Gasteiger partial charge in [0.05, 0.1) is 19.6 Å². The van der Waals surface area contributed by atoms with Crippen molar-refractivity contribution in [1.29, 1.82) is 0 Å². The summed E-state index contributed by atoms with van der Waals surface area (Å²) in [6.07, 6.45) is 4.93. The monoisotopic (exact) mass is 502 g/mol. The first-order valence-electron chi connectivity index (χ1n) is 11.2. The van der Waals surface area contributed by atoms with Crippen LogP contribution >= 0.6 is 0 Å². The zero-order chi connectivity index (χ0) is 22.1. The minimum Gasteiger partial charge on any atom is -0.320 e. The molecule has 3 rings (SSSR count). The van der Waals surface area contributed by atoms with Crippen molar-refractivity contribution in [3.05, 3.63) is 65.0 Å². The number of likely N-dealkylation sites (tertiary alicyclic amines) is 1. The van der Waals surface area contributed by atoms with Crippen molar-refractivity contribution in [2.75, 3.05) is 25.0 Å². The molecule has 31 heavy (non-hydrogen) atoms. The van der Waals surface area contributed by atoms with Crippen LogP contribution < -0.4 is 5.32 Å². The Balaban J connectivity index is 0.000000510. The second-order valence-electron chi connectivity index (χ2n) is 8.63. The average Bonchev–Trinajstić information content (AvgIpc) is 2.97. The predicted molar refractivity (Wildman–Crippen MR) is 124 cm³/mol. The van der Waals surface area contributed by atoms with Crippen molar-refractivity contribution in [2.45, 2.75) is 66.3 Å². The van der Waals surface area contributed by atoms with Crippen LogP contribution in [0.1, 0.15) is 56.2 Å². The van der Waals surface area contributed by atoms with Crippen molar-refractivity contribution in [1.82, 2.24) is 0 Å². The van der Waals surface area contributed by atoms with Crippen molar-refractivity contribution < 1.29 is 46.4 Å². The first-order valence-corrected chi connectivity index (χ1v) is 11.2. The van der Waals surface area contributed by atoms with E-state index < -0.39 is 0 Å². The van der Waals surface area contributed by atoms with Gasteiger partial charge in [0.25, 0.3) is 5.91 Å². The number of amides is 1. The SMILES string of the molecule is CC[N+]1(C(C)C(=O)Nc2c(C)cc(F)cc2C)CCCCCC1.Cc1ccccc1.[Y]. The number of halogens is 1. The first-order chi connectivity index (χ1) is 14.3. The van der Waals surface area contributed by atoms with Crippen molar-refractivity contribution in [2.24, 2.45) is 0 Å². The van der Waals surface area contributed by atoms with Crippen LogP contribution in [-0.2, 0) is 37.5 Å². The molecule has 2 aromatic carbocycles. The van der Waals surface area contributed by atoms with Gasteiger partial charge in [-0.25, -0.2) is 4.39 Å². The molecular weight excluding hydrogens is 464 g/mol. The van der Waals surface area contributed by atoms with Gasteiger partial charge in [-0.2, -0.15) is 0 Å². The fourth-order valence-corrected chi connectivity index (χ4v) is 4.41. The Labute approximate surface area is 213 Å². The molecule has 1 atom stereocenters. The van der Waals surface area contributed by atoms with Crippen LogP contribution in [-0.4, -0.2) is 36.1 Å². The molecule has 0 bridgehead atoms. The molecule has 2 aromatic rings. The number of carbonyl (C=O) groups is 1. The summed E-state index contributed by atoms with van der Waals surface area (Å²) in [5.41, 5.74) is 3.64. The Morgan fingerprint density at radius 2 is 1.52 bits per heavy atom. The number of hydrogen-bond acceptors (Lipinski definition) is 1. The van der Waals surface area contributed by atoms with Gasteiger partial charge in [-0.05, 0) is 83.6 Å². The zero-order valence-electron chi connectivity index (χ0n) is 19.9. The molecular formula is C26H38FN2OY+. The van der Waals surface area contributed by atoms with Gasteiger partial charge in [-0.3, -0.25) is 4.79 Å². The van der Waals surface area contributed by atoms with Crippen LogP contribution in [0.25, 0.3) is 0 Å². The van der Waals surface area contributed by atoms with E-state index in [9.17, 15) is 9.18 Å². The number of quaternary nitrogens is 1. The maximum absolute atomic E-state index is 13.4. The molecule has 0 aliphatic carbocycles. The molecule has 1 radical (unpaired) electrons. The van der Waals surface area contributed by atoms with E-state index in [0.29, 0.717) is 0 Å². The molecule has 1 amide bonds. The minimum absolute atomic E-state index is 0. The zero-order valence-corrected chi connectivity index (χ0v) is 22.7. The van der Waals surface area contributed by atoms with Crippen LogP contribution in [0.5, 0.6) is 0 Å². The fourth-order valence-electron chi connectivity index (χ4n) is 4.41. The van der Waals surface area contributed by atoms with E-state index in [-0.39, 0.29) is 50.5 Å². The number of carbonyl (C=O) groups excluding carboxylic acids is 1. The van der Waals surface area contributed by atoms with Gasteiger partial charge in [0, 0.05) is 38.4 Å². The number of benzene rings is 2. The first kappa shape index (κ1) is 27.9. The van der Waals surface area contributed by atoms with Crippen LogP contribution in [0, 0.1) is 26.6 Å². The smallest absolute Gasteiger partial charge is 0.282 e. The summed E-state index contributed by atoms with van der Waals surface area (Å²) in [6.45, 7) is 13.1. The van der Waals surface area contributed by atoms with Gasteiger partial charge in [0.2, 0.25) is 0 Å². The summed E-state index contributed by atoms with van der Waals surface area (Å²) in [5, 5.41) is 3.06. The summed E-state index contributed by atoms with van der Waals surface area (Å²) < 4.78 is 14.3. The second kappa shape index (κ2) is 13.5. The molecule has 3 nitrogen and oxygen atoms in total. The maximum Gasteiger partial charge on any atom is 0.282 e. The van der Waals surface area contributed by atoms with Crippen molar-refractivity contribution >= 4 is 11.6 Å². The quantitative estimate of drug-likeness (QED) is 0.498. The molecule has 0 aromatic heterocycles. The third kappa shape index (κ3) is 8.07. The van der Waals surface area contributed by atoms with E-state index in [4.69, 9.17) is 0 Å². The molecule has 167 valence electrons. The number of nitrogens with one attached hydrogen (secondary N) is 1. The van der Waals surface area contributed by atoms with Crippen LogP contribution in [0.3, 0.4) is 0 Å². The summed E-state index contributed by atoms with van der Waals surface area (Å²) in [5.74, 6) is -0.206. The second-order valence-corrected chi connectivity index (χ2v) is 8.63. The third-order valence-electron chi connectivity index (χ3n) is 6.47. The fraction of sp³-hybridized carbons (Fsp3) is 0.500. The van der Waals surface area contributed by atoms with Crippen molar-refractivity contribution in [3.63, 3.8) is 0 Å². The van der Waals surface area contributed by atoms with E-state index in [2.05, 4.69) is 31.3 Å². The van der Waals surface area contributed by atoms with E-state index in [0.717, 1.165) is 40.9 Å². The molecule has 0 spiro atoms. The van der Waals surface area contributed by atoms with Gasteiger partial charge in [0.1, 0.15) is 5.82 Å². The Bertz CT molecular complexity index is 794. The van der Waals surface area contributed by atoms with E-state index in [1.807, 2.05) is 39.0 Å². The number of rotatable bonds is 4. The number of hydrogen-bond donors (Lipinski definition) is 1. The third-order valence-corrected chi connectivity index (χ3v) is 6.47. The van der Waals surface area contributed by atoms with Gasteiger partial charge in [-0.15, -0.1) is 0 Å². The summed E-state index contributed by atoms with van der Waals surface area (Å²) >= 11 is 0. The standard InChI is InChI=1S/C19H29FN2O.C7H8.Y/c1-5-22(10-8-6-7-9-11-22)16(4)19(23)21-18-14(2)12-17(20)13-15(18)3;1-7-5-3-2-4-6-7;/h12-13,16H,5-11H2,1-4H3;2-6H,1H3;/p+1. The predicted octanol–water partition coefficient (Wildman–Crippen LogP) is 6.17. The number of anilines is 1. The number of aryl methyl sites for hydroxylation is 3. The van der Waals surface area contributed by atoms with E-state index >= 15 is 0 Å². The Morgan fingerprint density at radius 1 is 1.00 bits per heavy atom.